The SMILES string of the molecule is CCOc1nc(Sc2cc(C(=O)NC3CC3)ccn2)nc2[nH]c(CC)c(Br)c12. The van der Waals surface area contributed by atoms with Crippen LogP contribution in [0.5, 0.6) is 5.88 Å². The number of hydrogen-bond donors (Lipinski definition) is 2. The molecule has 0 radical (unpaired) electrons. The summed E-state index contributed by atoms with van der Waals surface area (Å²) < 4.78 is 6.68. The third-order valence-electron chi connectivity index (χ3n) is 4.35. The number of ether oxygens (including phenoxy) is 1. The number of carbonyl (C=O) groups excluding carboxylic acids is 1. The summed E-state index contributed by atoms with van der Waals surface area (Å²) in [6, 6.07) is 3.79. The van der Waals surface area contributed by atoms with Crippen molar-refractivity contribution in [1.82, 2.24) is 25.3 Å². The van der Waals surface area contributed by atoms with Gasteiger partial charge < -0.3 is 15.0 Å². The minimum absolute atomic E-state index is 0.0704. The van der Waals surface area contributed by atoms with E-state index < -0.39 is 0 Å². The van der Waals surface area contributed by atoms with E-state index in [0.29, 0.717) is 39.9 Å². The van der Waals surface area contributed by atoms with Gasteiger partial charge in [0, 0.05) is 23.5 Å². The Kier molecular flexibility index (Phi) is 5.54. The molecule has 0 aliphatic heterocycles. The molecule has 9 heteroatoms. The standard InChI is InChI=1S/C19H20BrN5O2S/c1-3-12-15(20)14-16(23-12)24-19(25-18(14)27-4-2)28-13-9-10(7-8-21-13)17(26)22-11-5-6-11/h7-9,11H,3-6H2,1-2H3,(H,22,26)(H,23,24,25). The summed E-state index contributed by atoms with van der Waals surface area (Å²) in [5, 5.41) is 5.00. The van der Waals surface area contributed by atoms with E-state index in [4.69, 9.17) is 4.74 Å². The van der Waals surface area contributed by atoms with Crippen LogP contribution in [-0.4, -0.2) is 38.5 Å². The molecule has 1 aliphatic carbocycles. The van der Waals surface area contributed by atoms with E-state index in [1.165, 1.54) is 11.8 Å². The zero-order valence-electron chi connectivity index (χ0n) is 15.6. The van der Waals surface area contributed by atoms with Crippen molar-refractivity contribution in [2.24, 2.45) is 0 Å². The van der Waals surface area contributed by atoms with Crippen LogP contribution in [0.2, 0.25) is 0 Å². The molecule has 1 amide bonds. The average Bonchev–Trinajstić information content (AvgIpc) is 3.44. The Hall–Kier alpha value is -2.13. The number of nitrogens with one attached hydrogen (secondary N) is 2. The fraction of sp³-hybridized carbons (Fsp3) is 0.368. The van der Waals surface area contributed by atoms with Crippen LogP contribution in [0.1, 0.15) is 42.7 Å². The highest BCUT2D eigenvalue weighted by molar-refractivity contribution is 9.10. The molecule has 146 valence electrons. The maximum atomic E-state index is 12.3. The van der Waals surface area contributed by atoms with Crippen molar-refractivity contribution in [3.63, 3.8) is 0 Å². The van der Waals surface area contributed by atoms with Gasteiger partial charge in [0.1, 0.15) is 10.7 Å². The van der Waals surface area contributed by atoms with Crippen molar-refractivity contribution in [3.8, 4) is 5.88 Å². The minimum atomic E-state index is -0.0704. The van der Waals surface area contributed by atoms with Crippen molar-refractivity contribution < 1.29 is 9.53 Å². The summed E-state index contributed by atoms with van der Waals surface area (Å²) in [4.78, 5) is 29.1. The van der Waals surface area contributed by atoms with Crippen molar-refractivity contribution in [1.29, 1.82) is 0 Å². The fourth-order valence-electron chi connectivity index (χ4n) is 2.78. The maximum absolute atomic E-state index is 12.3. The van der Waals surface area contributed by atoms with Crippen LogP contribution in [0.3, 0.4) is 0 Å². The molecule has 0 atom stereocenters. The summed E-state index contributed by atoms with van der Waals surface area (Å²) in [7, 11) is 0. The van der Waals surface area contributed by atoms with Crippen molar-refractivity contribution in [3.05, 3.63) is 34.1 Å². The van der Waals surface area contributed by atoms with E-state index in [0.717, 1.165) is 34.8 Å². The topological polar surface area (TPSA) is 92.8 Å². The molecule has 3 aromatic rings. The van der Waals surface area contributed by atoms with Gasteiger partial charge in [-0.1, -0.05) is 6.92 Å². The van der Waals surface area contributed by atoms with E-state index >= 15 is 0 Å². The third-order valence-corrected chi connectivity index (χ3v) is 6.02. The first-order valence-corrected chi connectivity index (χ1v) is 10.9. The van der Waals surface area contributed by atoms with Crippen LogP contribution < -0.4 is 10.1 Å². The first kappa shape index (κ1) is 19.2. The Morgan fingerprint density at radius 1 is 1.39 bits per heavy atom. The van der Waals surface area contributed by atoms with Crippen LogP contribution in [0.4, 0.5) is 0 Å². The Balaban J connectivity index is 1.65. The van der Waals surface area contributed by atoms with Crippen LogP contribution in [0, 0.1) is 0 Å². The molecule has 3 heterocycles. The Morgan fingerprint density at radius 3 is 2.93 bits per heavy atom. The molecule has 1 saturated carbocycles. The van der Waals surface area contributed by atoms with Gasteiger partial charge in [0.25, 0.3) is 5.91 Å². The van der Waals surface area contributed by atoms with Crippen molar-refractivity contribution >= 4 is 44.6 Å². The first-order chi connectivity index (χ1) is 13.6. The number of fused-ring (bicyclic) bond motifs is 1. The summed E-state index contributed by atoms with van der Waals surface area (Å²) >= 11 is 4.92. The van der Waals surface area contributed by atoms with Gasteiger partial charge >= 0.3 is 0 Å². The normalized spacial score (nSPS) is 13.7. The zero-order chi connectivity index (χ0) is 19.7. The number of aryl methyl sites for hydroxylation is 1. The van der Waals surface area contributed by atoms with Gasteiger partial charge in [-0.3, -0.25) is 4.79 Å². The molecule has 0 unspecified atom stereocenters. The molecule has 4 rings (SSSR count). The van der Waals surface area contributed by atoms with E-state index in [2.05, 4.69) is 48.1 Å². The number of aromatic nitrogens is 4. The second-order valence-corrected chi connectivity index (χ2v) is 8.25. The second kappa shape index (κ2) is 8.08. The number of hydrogen-bond acceptors (Lipinski definition) is 6. The van der Waals surface area contributed by atoms with Crippen LogP contribution in [0.15, 0.2) is 33.0 Å². The molecule has 2 N–H and O–H groups in total. The lowest BCUT2D eigenvalue weighted by molar-refractivity contribution is 0.0950. The predicted molar refractivity (Wildman–Crippen MR) is 111 cm³/mol. The Labute approximate surface area is 175 Å². The molecule has 0 spiro atoms. The van der Waals surface area contributed by atoms with E-state index in [1.54, 1.807) is 18.3 Å². The molecule has 3 aromatic heterocycles. The quantitative estimate of drug-likeness (QED) is 0.514. The molecule has 1 fully saturated rings. The summed E-state index contributed by atoms with van der Waals surface area (Å²) in [5.41, 5.74) is 2.35. The van der Waals surface area contributed by atoms with Gasteiger partial charge in [0.05, 0.1) is 16.5 Å². The predicted octanol–water partition coefficient (Wildman–Crippen LogP) is 4.12. The van der Waals surface area contributed by atoms with Crippen LogP contribution in [-0.2, 0) is 6.42 Å². The number of nitrogens with zero attached hydrogens (tertiary/aromatic N) is 3. The summed E-state index contributed by atoms with van der Waals surface area (Å²) in [5.74, 6) is 0.458. The largest absolute Gasteiger partial charge is 0.477 e. The molecule has 7 nitrogen and oxygen atoms in total. The fourth-order valence-corrected chi connectivity index (χ4v) is 4.27. The maximum Gasteiger partial charge on any atom is 0.251 e. The molecule has 0 aromatic carbocycles. The van der Waals surface area contributed by atoms with E-state index in [1.807, 2.05) is 6.92 Å². The lowest BCUT2D eigenvalue weighted by Crippen LogP contribution is -2.25. The van der Waals surface area contributed by atoms with E-state index in [-0.39, 0.29) is 5.91 Å². The highest BCUT2D eigenvalue weighted by atomic mass is 79.9. The van der Waals surface area contributed by atoms with Crippen LogP contribution in [0.25, 0.3) is 11.0 Å². The summed E-state index contributed by atoms with van der Waals surface area (Å²) in [6.45, 7) is 4.50. The van der Waals surface area contributed by atoms with Gasteiger partial charge in [-0.25, -0.2) is 9.97 Å². The number of amides is 1. The van der Waals surface area contributed by atoms with Gasteiger partial charge in [-0.15, -0.1) is 0 Å². The second-order valence-electron chi connectivity index (χ2n) is 6.47. The van der Waals surface area contributed by atoms with Crippen LogP contribution >= 0.6 is 27.7 Å². The molecule has 28 heavy (non-hydrogen) atoms. The first-order valence-electron chi connectivity index (χ1n) is 9.24. The molecule has 0 saturated heterocycles. The van der Waals surface area contributed by atoms with Crippen molar-refractivity contribution in [2.45, 2.75) is 49.3 Å². The molecule has 1 aliphatic rings. The number of halogens is 1. The Morgan fingerprint density at radius 2 is 2.21 bits per heavy atom. The molecular weight excluding hydrogens is 442 g/mol. The number of carbonyl (C=O) groups is 1. The molecule has 0 bridgehead atoms. The zero-order valence-corrected chi connectivity index (χ0v) is 18.0. The van der Waals surface area contributed by atoms with Crippen molar-refractivity contribution in [2.75, 3.05) is 6.61 Å². The number of rotatable bonds is 7. The summed E-state index contributed by atoms with van der Waals surface area (Å²) in [6.07, 6.45) is 4.58. The van der Waals surface area contributed by atoms with Gasteiger partial charge in [-0.05, 0) is 66.0 Å². The highest BCUT2D eigenvalue weighted by Crippen LogP contribution is 2.36. The van der Waals surface area contributed by atoms with Gasteiger partial charge in [-0.2, -0.15) is 4.98 Å². The van der Waals surface area contributed by atoms with Gasteiger partial charge in [0.2, 0.25) is 5.88 Å². The number of aromatic amines is 1. The Bertz CT molecular complexity index is 1030. The number of H-pyrrole nitrogens is 1. The monoisotopic (exact) mass is 461 g/mol. The average molecular weight is 462 g/mol. The lowest BCUT2D eigenvalue weighted by atomic mass is 10.2. The van der Waals surface area contributed by atoms with E-state index in [9.17, 15) is 4.79 Å². The molecular formula is C19H20BrN5O2S. The lowest BCUT2D eigenvalue weighted by Gasteiger charge is -2.07. The third kappa shape index (κ3) is 4.00. The number of pyridine rings is 1. The highest BCUT2D eigenvalue weighted by Gasteiger charge is 2.24. The minimum Gasteiger partial charge on any atom is -0.477 e. The smallest absolute Gasteiger partial charge is 0.251 e. The van der Waals surface area contributed by atoms with Gasteiger partial charge in [0.15, 0.2) is 5.16 Å².